The Bertz CT molecular complexity index is 579. The number of nitrogens with zero attached hydrogens (tertiary/aromatic N) is 3. The third kappa shape index (κ3) is 3.00. The number of hydrogen-bond acceptors (Lipinski definition) is 3. The number of carbonyl (C=O) groups is 1. The third-order valence-electron chi connectivity index (χ3n) is 2.29. The number of aromatic nitrogens is 3. The van der Waals surface area contributed by atoms with Gasteiger partial charge >= 0.3 is 5.97 Å². The van der Waals surface area contributed by atoms with E-state index in [-0.39, 0.29) is 6.54 Å². The average Bonchev–Trinajstić information content (AvgIpc) is 2.82. The Morgan fingerprint density at radius 3 is 2.94 bits per heavy atom. The summed E-state index contributed by atoms with van der Waals surface area (Å²) in [5.41, 5.74) is 0.963. The van der Waals surface area contributed by atoms with E-state index in [1.807, 2.05) is 0 Å². The highest BCUT2D eigenvalue weighted by Gasteiger charge is 2.04. The summed E-state index contributed by atoms with van der Waals surface area (Å²) in [6.45, 7) is 0.286. The molecule has 0 unspecified atom stereocenters. The number of aliphatic carboxylic acids is 1. The number of halogens is 1. The SMILES string of the molecule is O=C(O)/C=C/c1ccc(Cn2cncn2)c(F)c1. The Kier molecular flexibility index (Phi) is 3.47. The zero-order valence-corrected chi connectivity index (χ0v) is 9.32. The minimum atomic E-state index is -1.07. The first-order valence-electron chi connectivity index (χ1n) is 5.17. The summed E-state index contributed by atoms with van der Waals surface area (Å²) in [6, 6.07) is 4.53. The van der Waals surface area contributed by atoms with Gasteiger partial charge in [-0.3, -0.25) is 0 Å². The van der Waals surface area contributed by atoms with Crippen molar-refractivity contribution in [3.8, 4) is 0 Å². The van der Waals surface area contributed by atoms with Crippen LogP contribution in [0.1, 0.15) is 11.1 Å². The Morgan fingerprint density at radius 2 is 2.33 bits per heavy atom. The zero-order valence-electron chi connectivity index (χ0n) is 9.32. The summed E-state index contributed by atoms with van der Waals surface area (Å²) >= 11 is 0. The van der Waals surface area contributed by atoms with Crippen LogP contribution in [0.4, 0.5) is 4.39 Å². The molecule has 0 aliphatic heterocycles. The standard InChI is InChI=1S/C12H10FN3O2/c13-11-5-9(2-4-12(17)18)1-3-10(11)6-16-8-14-7-15-16/h1-5,7-8H,6H2,(H,17,18)/b4-2+. The van der Waals surface area contributed by atoms with Crippen LogP contribution in [0.3, 0.4) is 0 Å². The fourth-order valence-corrected chi connectivity index (χ4v) is 1.45. The second-order valence-corrected chi connectivity index (χ2v) is 3.62. The molecule has 0 spiro atoms. The molecule has 1 heterocycles. The lowest BCUT2D eigenvalue weighted by atomic mass is 10.1. The van der Waals surface area contributed by atoms with E-state index in [1.165, 1.54) is 29.5 Å². The molecule has 92 valence electrons. The number of hydrogen-bond donors (Lipinski definition) is 1. The van der Waals surface area contributed by atoms with E-state index in [1.54, 1.807) is 12.1 Å². The number of benzene rings is 1. The molecule has 0 saturated carbocycles. The molecule has 0 atom stereocenters. The number of carboxylic acids is 1. The van der Waals surface area contributed by atoms with E-state index in [4.69, 9.17) is 5.11 Å². The normalized spacial score (nSPS) is 10.9. The summed E-state index contributed by atoms with van der Waals surface area (Å²) in [5, 5.41) is 12.4. The fraction of sp³-hybridized carbons (Fsp3) is 0.0833. The summed E-state index contributed by atoms with van der Waals surface area (Å²) in [5.74, 6) is -1.47. The number of carboxylic acid groups (broad SMARTS) is 1. The highest BCUT2D eigenvalue weighted by molar-refractivity contribution is 5.85. The van der Waals surface area contributed by atoms with Gasteiger partial charge in [0.25, 0.3) is 0 Å². The first-order chi connectivity index (χ1) is 8.65. The van der Waals surface area contributed by atoms with Gasteiger partial charge in [0.05, 0.1) is 6.54 Å². The van der Waals surface area contributed by atoms with Gasteiger partial charge in [0.2, 0.25) is 0 Å². The molecular weight excluding hydrogens is 237 g/mol. The average molecular weight is 247 g/mol. The van der Waals surface area contributed by atoms with Crippen molar-refractivity contribution in [3.05, 3.63) is 53.9 Å². The Hall–Kier alpha value is -2.50. The van der Waals surface area contributed by atoms with Crippen LogP contribution in [-0.2, 0) is 11.3 Å². The first kappa shape index (κ1) is 12.0. The molecule has 0 fully saturated rings. The van der Waals surface area contributed by atoms with Gasteiger partial charge in [-0.15, -0.1) is 0 Å². The van der Waals surface area contributed by atoms with Crippen LogP contribution in [0, 0.1) is 5.82 Å². The van der Waals surface area contributed by atoms with Gasteiger partial charge in [-0.1, -0.05) is 12.1 Å². The van der Waals surface area contributed by atoms with E-state index >= 15 is 0 Å². The highest BCUT2D eigenvalue weighted by Crippen LogP contribution is 2.12. The Labute approximate surface area is 102 Å². The summed E-state index contributed by atoms with van der Waals surface area (Å²) in [7, 11) is 0. The minimum Gasteiger partial charge on any atom is -0.478 e. The van der Waals surface area contributed by atoms with Crippen molar-refractivity contribution < 1.29 is 14.3 Å². The largest absolute Gasteiger partial charge is 0.478 e. The smallest absolute Gasteiger partial charge is 0.328 e. The molecular formula is C12H10FN3O2. The molecule has 18 heavy (non-hydrogen) atoms. The second kappa shape index (κ2) is 5.22. The molecule has 0 radical (unpaired) electrons. The predicted molar refractivity (Wildman–Crippen MR) is 62.2 cm³/mol. The first-order valence-corrected chi connectivity index (χ1v) is 5.17. The highest BCUT2D eigenvalue weighted by atomic mass is 19.1. The van der Waals surface area contributed by atoms with Crippen molar-refractivity contribution in [1.29, 1.82) is 0 Å². The van der Waals surface area contributed by atoms with Crippen LogP contribution in [0.25, 0.3) is 6.08 Å². The van der Waals surface area contributed by atoms with Crippen molar-refractivity contribution in [2.75, 3.05) is 0 Å². The fourth-order valence-electron chi connectivity index (χ4n) is 1.45. The van der Waals surface area contributed by atoms with E-state index in [2.05, 4.69) is 10.1 Å². The summed E-state index contributed by atoms with van der Waals surface area (Å²) in [4.78, 5) is 14.1. The number of rotatable bonds is 4. The second-order valence-electron chi connectivity index (χ2n) is 3.62. The third-order valence-corrected chi connectivity index (χ3v) is 2.29. The molecule has 5 nitrogen and oxygen atoms in total. The maximum absolute atomic E-state index is 13.7. The van der Waals surface area contributed by atoms with E-state index in [9.17, 15) is 9.18 Å². The van der Waals surface area contributed by atoms with Crippen LogP contribution in [0.15, 0.2) is 36.9 Å². The maximum atomic E-state index is 13.7. The minimum absolute atomic E-state index is 0.286. The van der Waals surface area contributed by atoms with Gasteiger partial charge in [-0.25, -0.2) is 18.9 Å². The Balaban J connectivity index is 2.17. The van der Waals surface area contributed by atoms with Crippen molar-refractivity contribution >= 4 is 12.0 Å². The van der Waals surface area contributed by atoms with Crippen molar-refractivity contribution in [3.63, 3.8) is 0 Å². The molecule has 1 aromatic heterocycles. The van der Waals surface area contributed by atoms with Gasteiger partial charge in [-0.2, -0.15) is 5.10 Å². The maximum Gasteiger partial charge on any atom is 0.328 e. The molecule has 6 heteroatoms. The molecule has 0 aliphatic carbocycles. The van der Waals surface area contributed by atoms with Crippen LogP contribution in [0.2, 0.25) is 0 Å². The lowest BCUT2D eigenvalue weighted by molar-refractivity contribution is -0.131. The quantitative estimate of drug-likeness (QED) is 0.832. The molecule has 0 amide bonds. The van der Waals surface area contributed by atoms with E-state index in [0.717, 1.165) is 6.08 Å². The van der Waals surface area contributed by atoms with Crippen LogP contribution in [-0.4, -0.2) is 25.8 Å². The van der Waals surface area contributed by atoms with Crippen LogP contribution >= 0.6 is 0 Å². The molecule has 1 aromatic carbocycles. The topological polar surface area (TPSA) is 68.0 Å². The van der Waals surface area contributed by atoms with Gasteiger partial charge in [0.15, 0.2) is 0 Å². The predicted octanol–water partition coefficient (Wildman–Crippen LogP) is 1.56. The molecule has 1 N–H and O–H groups in total. The monoisotopic (exact) mass is 247 g/mol. The lowest BCUT2D eigenvalue weighted by Crippen LogP contribution is -2.02. The van der Waals surface area contributed by atoms with Gasteiger partial charge in [0, 0.05) is 11.6 Å². The van der Waals surface area contributed by atoms with Gasteiger partial charge in [-0.05, 0) is 17.7 Å². The van der Waals surface area contributed by atoms with Crippen molar-refractivity contribution in [2.45, 2.75) is 6.54 Å². The van der Waals surface area contributed by atoms with Crippen molar-refractivity contribution in [1.82, 2.24) is 14.8 Å². The molecule has 0 bridgehead atoms. The molecule has 2 aromatic rings. The molecule has 0 saturated heterocycles. The zero-order chi connectivity index (χ0) is 13.0. The van der Waals surface area contributed by atoms with Crippen LogP contribution in [0.5, 0.6) is 0 Å². The Morgan fingerprint density at radius 1 is 1.50 bits per heavy atom. The van der Waals surface area contributed by atoms with Gasteiger partial charge < -0.3 is 5.11 Å². The summed E-state index contributed by atoms with van der Waals surface area (Å²) in [6.07, 6.45) is 5.18. The van der Waals surface area contributed by atoms with E-state index in [0.29, 0.717) is 11.1 Å². The lowest BCUT2D eigenvalue weighted by Gasteiger charge is -2.04. The van der Waals surface area contributed by atoms with Gasteiger partial charge in [0.1, 0.15) is 18.5 Å². The van der Waals surface area contributed by atoms with Crippen molar-refractivity contribution in [2.24, 2.45) is 0 Å². The molecule has 2 rings (SSSR count). The summed E-state index contributed by atoms with van der Waals surface area (Å²) < 4.78 is 15.2. The van der Waals surface area contributed by atoms with E-state index < -0.39 is 11.8 Å². The molecule has 0 aliphatic rings. The van der Waals surface area contributed by atoms with Crippen LogP contribution < -0.4 is 0 Å².